The van der Waals surface area contributed by atoms with Crippen LogP contribution in [-0.2, 0) is 14.4 Å². The standard InChI is InChI=1S/C17H30N4O3/c1-12(2)19(3)17(24)13-6-9-20(10-7-13)15(22)11-21-8-4-5-14(21)16(18)23/h12-14H,4-11H2,1-3H3,(H2,18,23). The Balaban J connectivity index is 1.82. The van der Waals surface area contributed by atoms with Gasteiger partial charge in [-0.05, 0) is 46.1 Å². The molecule has 1 atom stereocenters. The molecule has 2 N–H and O–H groups in total. The second-order valence-corrected chi connectivity index (χ2v) is 7.23. The van der Waals surface area contributed by atoms with Crippen LogP contribution in [0.25, 0.3) is 0 Å². The Labute approximate surface area is 144 Å². The van der Waals surface area contributed by atoms with Crippen LogP contribution < -0.4 is 5.73 Å². The Morgan fingerprint density at radius 2 is 1.75 bits per heavy atom. The molecule has 136 valence electrons. The number of hydrogen-bond acceptors (Lipinski definition) is 4. The molecule has 0 radical (unpaired) electrons. The van der Waals surface area contributed by atoms with Crippen molar-refractivity contribution in [1.82, 2.24) is 14.7 Å². The van der Waals surface area contributed by atoms with Crippen molar-refractivity contribution in [3.63, 3.8) is 0 Å². The van der Waals surface area contributed by atoms with Gasteiger partial charge in [0.1, 0.15) is 0 Å². The van der Waals surface area contributed by atoms with Crippen LogP contribution >= 0.6 is 0 Å². The number of hydrogen-bond donors (Lipinski definition) is 1. The monoisotopic (exact) mass is 338 g/mol. The molecule has 2 fully saturated rings. The lowest BCUT2D eigenvalue weighted by molar-refractivity contribution is -0.141. The molecule has 0 spiro atoms. The van der Waals surface area contributed by atoms with Crippen LogP contribution in [0, 0.1) is 5.92 Å². The van der Waals surface area contributed by atoms with Crippen LogP contribution in [0.3, 0.4) is 0 Å². The maximum absolute atomic E-state index is 12.5. The maximum Gasteiger partial charge on any atom is 0.236 e. The van der Waals surface area contributed by atoms with Crippen LogP contribution in [0.4, 0.5) is 0 Å². The molecule has 2 rings (SSSR count). The molecule has 24 heavy (non-hydrogen) atoms. The molecule has 3 amide bonds. The lowest BCUT2D eigenvalue weighted by atomic mass is 9.95. The zero-order chi connectivity index (χ0) is 17.9. The minimum Gasteiger partial charge on any atom is -0.368 e. The van der Waals surface area contributed by atoms with E-state index in [0.717, 1.165) is 19.4 Å². The Morgan fingerprint density at radius 3 is 2.29 bits per heavy atom. The molecule has 0 saturated carbocycles. The minimum atomic E-state index is -0.346. The number of carbonyl (C=O) groups excluding carboxylic acids is 3. The molecule has 0 aromatic rings. The van der Waals surface area contributed by atoms with Crippen LogP contribution in [0.2, 0.25) is 0 Å². The molecule has 7 nitrogen and oxygen atoms in total. The van der Waals surface area contributed by atoms with Crippen LogP contribution in [-0.4, -0.2) is 77.7 Å². The van der Waals surface area contributed by atoms with Gasteiger partial charge in [0.25, 0.3) is 0 Å². The van der Waals surface area contributed by atoms with Gasteiger partial charge < -0.3 is 15.5 Å². The molecule has 1 unspecified atom stereocenters. The van der Waals surface area contributed by atoms with E-state index in [1.54, 1.807) is 4.90 Å². The summed E-state index contributed by atoms with van der Waals surface area (Å²) in [6.07, 6.45) is 3.06. The molecule has 0 aromatic carbocycles. The molecule has 0 aromatic heterocycles. The zero-order valence-electron chi connectivity index (χ0n) is 15.0. The normalized spacial score (nSPS) is 22.8. The Bertz CT molecular complexity index is 486. The first kappa shape index (κ1) is 18.7. The molecule has 0 bridgehead atoms. The van der Waals surface area contributed by atoms with Crippen molar-refractivity contribution in [2.24, 2.45) is 11.7 Å². The fourth-order valence-corrected chi connectivity index (χ4v) is 3.53. The fraction of sp³-hybridized carbons (Fsp3) is 0.824. The number of nitrogens with zero attached hydrogens (tertiary/aromatic N) is 3. The molecule has 2 aliphatic rings. The third kappa shape index (κ3) is 4.26. The van der Waals surface area contributed by atoms with E-state index in [-0.39, 0.29) is 42.3 Å². The van der Waals surface area contributed by atoms with Gasteiger partial charge in [-0.3, -0.25) is 19.3 Å². The largest absolute Gasteiger partial charge is 0.368 e. The summed E-state index contributed by atoms with van der Waals surface area (Å²) in [5.41, 5.74) is 5.40. The first-order chi connectivity index (χ1) is 11.3. The third-order valence-electron chi connectivity index (χ3n) is 5.35. The van der Waals surface area contributed by atoms with Gasteiger partial charge in [0.15, 0.2) is 0 Å². The molecule has 2 heterocycles. The number of piperidine rings is 1. The number of nitrogens with two attached hydrogens (primary N) is 1. The lowest BCUT2D eigenvalue weighted by Crippen LogP contribution is -2.49. The number of primary amides is 1. The Kier molecular flexibility index (Phi) is 6.21. The van der Waals surface area contributed by atoms with Crippen molar-refractivity contribution in [3.05, 3.63) is 0 Å². The average molecular weight is 338 g/mol. The highest BCUT2D eigenvalue weighted by Crippen LogP contribution is 2.22. The van der Waals surface area contributed by atoms with E-state index < -0.39 is 0 Å². The maximum atomic E-state index is 12.5. The molecule has 0 aliphatic carbocycles. The van der Waals surface area contributed by atoms with E-state index in [1.165, 1.54) is 0 Å². The van der Waals surface area contributed by atoms with Crippen LogP contribution in [0.15, 0.2) is 0 Å². The van der Waals surface area contributed by atoms with Gasteiger partial charge in [-0.25, -0.2) is 0 Å². The Hall–Kier alpha value is -1.63. The van der Waals surface area contributed by atoms with Crippen LogP contribution in [0.5, 0.6) is 0 Å². The Morgan fingerprint density at radius 1 is 1.12 bits per heavy atom. The lowest BCUT2D eigenvalue weighted by Gasteiger charge is -2.35. The summed E-state index contributed by atoms with van der Waals surface area (Å²) >= 11 is 0. The summed E-state index contributed by atoms with van der Waals surface area (Å²) < 4.78 is 0. The van der Waals surface area contributed by atoms with Gasteiger partial charge >= 0.3 is 0 Å². The second kappa shape index (κ2) is 7.96. The SMILES string of the molecule is CC(C)N(C)C(=O)C1CCN(C(=O)CN2CCCC2C(N)=O)CC1. The van der Waals surface area contributed by atoms with Crippen molar-refractivity contribution in [1.29, 1.82) is 0 Å². The van der Waals surface area contributed by atoms with Crippen molar-refractivity contribution >= 4 is 17.7 Å². The number of carbonyl (C=O) groups is 3. The van der Waals surface area contributed by atoms with Gasteiger partial charge in [-0.1, -0.05) is 0 Å². The minimum absolute atomic E-state index is 0.00612. The number of amides is 3. The molecule has 2 aliphatic heterocycles. The summed E-state index contributed by atoms with van der Waals surface area (Å²) in [5.74, 6) is -0.135. The highest BCUT2D eigenvalue weighted by atomic mass is 16.2. The van der Waals surface area contributed by atoms with E-state index in [0.29, 0.717) is 25.9 Å². The van der Waals surface area contributed by atoms with E-state index >= 15 is 0 Å². The van der Waals surface area contributed by atoms with E-state index in [1.807, 2.05) is 30.7 Å². The van der Waals surface area contributed by atoms with Gasteiger partial charge in [0.05, 0.1) is 12.6 Å². The number of likely N-dealkylation sites (tertiary alicyclic amines) is 2. The van der Waals surface area contributed by atoms with E-state index in [9.17, 15) is 14.4 Å². The number of rotatable bonds is 5. The highest BCUT2D eigenvalue weighted by Gasteiger charge is 2.33. The van der Waals surface area contributed by atoms with Gasteiger partial charge in [-0.15, -0.1) is 0 Å². The summed E-state index contributed by atoms with van der Waals surface area (Å²) in [5, 5.41) is 0. The van der Waals surface area contributed by atoms with Gasteiger partial charge in [-0.2, -0.15) is 0 Å². The first-order valence-corrected chi connectivity index (χ1v) is 8.89. The van der Waals surface area contributed by atoms with Crippen LogP contribution in [0.1, 0.15) is 39.5 Å². The second-order valence-electron chi connectivity index (χ2n) is 7.23. The average Bonchev–Trinajstić information content (AvgIpc) is 3.01. The molecule has 7 heteroatoms. The smallest absolute Gasteiger partial charge is 0.236 e. The summed E-state index contributed by atoms with van der Waals surface area (Å²) in [6.45, 7) is 6.21. The van der Waals surface area contributed by atoms with Gasteiger partial charge in [0.2, 0.25) is 17.7 Å². The fourth-order valence-electron chi connectivity index (χ4n) is 3.53. The van der Waals surface area contributed by atoms with Crippen molar-refractivity contribution in [2.45, 2.75) is 51.6 Å². The van der Waals surface area contributed by atoms with Crippen molar-refractivity contribution in [3.8, 4) is 0 Å². The molecular weight excluding hydrogens is 308 g/mol. The van der Waals surface area contributed by atoms with Crippen molar-refractivity contribution < 1.29 is 14.4 Å². The molecule has 2 saturated heterocycles. The summed E-state index contributed by atoms with van der Waals surface area (Å²) in [7, 11) is 1.84. The van der Waals surface area contributed by atoms with E-state index in [4.69, 9.17) is 5.73 Å². The summed E-state index contributed by atoms with van der Waals surface area (Å²) in [6, 6.07) is -0.120. The predicted octanol–water partition coefficient (Wildman–Crippen LogP) is 0.0415. The summed E-state index contributed by atoms with van der Waals surface area (Å²) in [4.78, 5) is 41.8. The quantitative estimate of drug-likeness (QED) is 0.767. The zero-order valence-corrected chi connectivity index (χ0v) is 15.0. The van der Waals surface area contributed by atoms with Gasteiger partial charge in [0, 0.05) is 32.1 Å². The third-order valence-corrected chi connectivity index (χ3v) is 5.35. The van der Waals surface area contributed by atoms with Crippen molar-refractivity contribution in [2.75, 3.05) is 33.2 Å². The topological polar surface area (TPSA) is 87.0 Å². The highest BCUT2D eigenvalue weighted by molar-refractivity contribution is 5.83. The first-order valence-electron chi connectivity index (χ1n) is 8.89. The predicted molar refractivity (Wildman–Crippen MR) is 91.0 cm³/mol. The van der Waals surface area contributed by atoms with E-state index in [2.05, 4.69) is 0 Å². The molecular formula is C17H30N4O3.